The van der Waals surface area contributed by atoms with Crippen molar-refractivity contribution < 1.29 is 13.2 Å². The van der Waals surface area contributed by atoms with Crippen LogP contribution in [0.5, 0.6) is 0 Å². The van der Waals surface area contributed by atoms with Crippen molar-refractivity contribution in [2.24, 2.45) is 5.92 Å². The third-order valence-electron chi connectivity index (χ3n) is 4.24. The van der Waals surface area contributed by atoms with E-state index in [-0.39, 0.29) is 6.04 Å². The van der Waals surface area contributed by atoms with Gasteiger partial charge in [0.2, 0.25) is 0 Å². The molecular weight excluding hydrogens is 263 g/mol. The average Bonchev–Trinajstić information content (AvgIpc) is 2.90. The first-order valence-electron chi connectivity index (χ1n) is 7.32. The van der Waals surface area contributed by atoms with Gasteiger partial charge < -0.3 is 5.32 Å². The maximum absolute atomic E-state index is 12.7. The molecule has 0 heterocycles. The molecule has 1 aliphatic carbocycles. The summed E-state index contributed by atoms with van der Waals surface area (Å²) in [6.45, 7) is 0. The highest BCUT2D eigenvalue weighted by atomic mass is 19.4. The van der Waals surface area contributed by atoms with Gasteiger partial charge in [0.25, 0.3) is 0 Å². The number of rotatable bonds is 5. The smallest absolute Gasteiger partial charge is 0.317 e. The number of hydrogen-bond donors (Lipinski definition) is 1. The number of likely N-dealkylation sites (N-methyl/N-ethyl adjacent to an activating group) is 1. The van der Waals surface area contributed by atoms with E-state index in [4.69, 9.17) is 0 Å². The molecule has 1 atom stereocenters. The van der Waals surface area contributed by atoms with E-state index < -0.39 is 11.7 Å². The zero-order valence-corrected chi connectivity index (χ0v) is 11.8. The molecule has 0 aromatic heterocycles. The summed E-state index contributed by atoms with van der Waals surface area (Å²) >= 11 is 0. The molecule has 2 rings (SSSR count). The Bertz CT molecular complexity index is 422. The van der Waals surface area contributed by atoms with Gasteiger partial charge in [0.15, 0.2) is 0 Å². The molecule has 1 fully saturated rings. The molecule has 1 aromatic rings. The van der Waals surface area contributed by atoms with Crippen LogP contribution in [-0.2, 0) is 12.6 Å². The molecule has 0 aliphatic heterocycles. The van der Waals surface area contributed by atoms with Crippen LogP contribution < -0.4 is 5.32 Å². The lowest BCUT2D eigenvalue weighted by Crippen LogP contribution is -2.29. The van der Waals surface area contributed by atoms with Crippen LogP contribution in [0.2, 0.25) is 0 Å². The van der Waals surface area contributed by atoms with E-state index >= 15 is 0 Å². The number of halogens is 3. The van der Waals surface area contributed by atoms with Gasteiger partial charge >= 0.3 is 6.18 Å². The van der Waals surface area contributed by atoms with Gasteiger partial charge in [0, 0.05) is 6.04 Å². The van der Waals surface area contributed by atoms with E-state index in [0.29, 0.717) is 6.42 Å². The maximum atomic E-state index is 12.7. The van der Waals surface area contributed by atoms with Crippen LogP contribution in [0.4, 0.5) is 13.2 Å². The van der Waals surface area contributed by atoms with Crippen LogP contribution in [-0.4, -0.2) is 13.1 Å². The van der Waals surface area contributed by atoms with Gasteiger partial charge in [-0.2, -0.15) is 13.2 Å². The van der Waals surface area contributed by atoms with Crippen molar-refractivity contribution in [3.8, 4) is 0 Å². The van der Waals surface area contributed by atoms with E-state index in [9.17, 15) is 13.2 Å². The lowest BCUT2D eigenvalue weighted by molar-refractivity contribution is -0.137. The molecule has 1 aliphatic rings. The molecule has 4 heteroatoms. The Morgan fingerprint density at radius 2 is 1.95 bits per heavy atom. The summed E-state index contributed by atoms with van der Waals surface area (Å²) in [6, 6.07) is 5.96. The minimum Gasteiger partial charge on any atom is -0.317 e. The molecule has 0 spiro atoms. The second-order valence-electron chi connectivity index (χ2n) is 5.77. The molecule has 1 unspecified atom stereocenters. The summed E-state index contributed by atoms with van der Waals surface area (Å²) in [7, 11) is 1.90. The number of benzene rings is 1. The summed E-state index contributed by atoms with van der Waals surface area (Å²) < 4.78 is 38.1. The fourth-order valence-corrected chi connectivity index (χ4v) is 3.11. The quantitative estimate of drug-likeness (QED) is 0.844. The molecule has 0 radical (unpaired) electrons. The summed E-state index contributed by atoms with van der Waals surface area (Å²) in [4.78, 5) is 0. The zero-order chi connectivity index (χ0) is 14.6. The standard InChI is InChI=1S/C16H22F3N/c1-20-15(10-12-5-2-3-6-12)11-13-7-4-8-14(9-13)16(17,18)19/h4,7-9,12,15,20H,2-3,5-6,10-11H2,1H3. The van der Waals surface area contributed by atoms with Crippen molar-refractivity contribution in [1.29, 1.82) is 0 Å². The first kappa shape index (κ1) is 15.4. The second kappa shape index (κ2) is 6.61. The van der Waals surface area contributed by atoms with Crippen LogP contribution in [0.25, 0.3) is 0 Å². The first-order chi connectivity index (χ1) is 9.49. The topological polar surface area (TPSA) is 12.0 Å². The van der Waals surface area contributed by atoms with E-state index in [1.807, 2.05) is 7.05 Å². The molecule has 0 amide bonds. The average molecular weight is 285 g/mol. The molecule has 1 aromatic carbocycles. The Morgan fingerprint density at radius 1 is 1.25 bits per heavy atom. The summed E-state index contributed by atoms with van der Waals surface area (Å²) in [5.41, 5.74) is 0.211. The maximum Gasteiger partial charge on any atom is 0.416 e. The normalized spacial score (nSPS) is 18.4. The minimum atomic E-state index is -4.25. The van der Waals surface area contributed by atoms with Crippen molar-refractivity contribution in [3.63, 3.8) is 0 Å². The van der Waals surface area contributed by atoms with Crippen molar-refractivity contribution in [2.45, 2.75) is 50.7 Å². The highest BCUT2D eigenvalue weighted by molar-refractivity contribution is 5.26. The SMILES string of the molecule is CNC(Cc1cccc(C(F)(F)F)c1)CC1CCCC1. The van der Waals surface area contributed by atoms with E-state index in [1.54, 1.807) is 6.07 Å². The lowest BCUT2D eigenvalue weighted by Gasteiger charge is -2.20. The van der Waals surface area contributed by atoms with Crippen LogP contribution in [0.3, 0.4) is 0 Å². The van der Waals surface area contributed by atoms with E-state index in [2.05, 4.69) is 5.32 Å². The Labute approximate surface area is 118 Å². The highest BCUT2D eigenvalue weighted by Gasteiger charge is 2.30. The number of nitrogens with one attached hydrogen (secondary N) is 1. The van der Waals surface area contributed by atoms with Gasteiger partial charge in [-0.05, 0) is 37.4 Å². The molecule has 112 valence electrons. The lowest BCUT2D eigenvalue weighted by atomic mass is 9.93. The Kier molecular flexibility index (Phi) is 5.08. The minimum absolute atomic E-state index is 0.265. The van der Waals surface area contributed by atoms with Crippen LogP contribution >= 0.6 is 0 Å². The molecular formula is C16H22F3N. The zero-order valence-electron chi connectivity index (χ0n) is 11.8. The largest absolute Gasteiger partial charge is 0.416 e. The fourth-order valence-electron chi connectivity index (χ4n) is 3.11. The summed E-state index contributed by atoms with van der Waals surface area (Å²) in [5, 5.41) is 3.25. The van der Waals surface area contributed by atoms with Gasteiger partial charge in [-0.25, -0.2) is 0 Å². The van der Waals surface area contributed by atoms with Crippen LogP contribution in [0.1, 0.15) is 43.2 Å². The van der Waals surface area contributed by atoms with Gasteiger partial charge in [0.1, 0.15) is 0 Å². The van der Waals surface area contributed by atoms with Crippen molar-refractivity contribution in [3.05, 3.63) is 35.4 Å². The summed E-state index contributed by atoms with van der Waals surface area (Å²) in [6.07, 6.45) is 2.59. The Hall–Kier alpha value is -1.03. The predicted molar refractivity (Wildman–Crippen MR) is 74.6 cm³/mol. The fraction of sp³-hybridized carbons (Fsp3) is 0.625. The molecule has 1 N–H and O–H groups in total. The van der Waals surface area contributed by atoms with Gasteiger partial charge in [-0.1, -0.05) is 43.9 Å². The first-order valence-corrected chi connectivity index (χ1v) is 7.32. The van der Waals surface area contributed by atoms with Gasteiger partial charge in [-0.15, -0.1) is 0 Å². The molecule has 1 nitrogen and oxygen atoms in total. The highest BCUT2D eigenvalue weighted by Crippen LogP contribution is 2.31. The number of hydrogen-bond acceptors (Lipinski definition) is 1. The van der Waals surface area contributed by atoms with Crippen molar-refractivity contribution in [2.75, 3.05) is 7.05 Å². The van der Waals surface area contributed by atoms with Crippen LogP contribution in [0.15, 0.2) is 24.3 Å². The van der Waals surface area contributed by atoms with Crippen molar-refractivity contribution in [1.82, 2.24) is 5.32 Å². The molecule has 0 saturated heterocycles. The summed E-state index contributed by atoms with van der Waals surface area (Å²) in [5.74, 6) is 0.734. The monoisotopic (exact) mass is 285 g/mol. The van der Waals surface area contributed by atoms with E-state index in [1.165, 1.54) is 37.8 Å². The second-order valence-corrected chi connectivity index (χ2v) is 5.77. The third kappa shape index (κ3) is 4.23. The predicted octanol–water partition coefficient (Wildman–Crippen LogP) is 4.42. The Balaban J connectivity index is 1.99. The van der Waals surface area contributed by atoms with Gasteiger partial charge in [0.05, 0.1) is 5.56 Å². The Morgan fingerprint density at radius 3 is 2.55 bits per heavy atom. The molecule has 0 bridgehead atoms. The third-order valence-corrected chi connectivity index (χ3v) is 4.24. The number of alkyl halides is 3. The van der Waals surface area contributed by atoms with E-state index in [0.717, 1.165) is 24.0 Å². The van der Waals surface area contributed by atoms with Crippen LogP contribution in [0, 0.1) is 5.92 Å². The van der Waals surface area contributed by atoms with Crippen molar-refractivity contribution >= 4 is 0 Å². The molecule has 1 saturated carbocycles. The molecule has 20 heavy (non-hydrogen) atoms. The van der Waals surface area contributed by atoms with Gasteiger partial charge in [-0.3, -0.25) is 0 Å².